The van der Waals surface area contributed by atoms with Crippen LogP contribution in [0.2, 0.25) is 0 Å². The summed E-state index contributed by atoms with van der Waals surface area (Å²) in [5, 5.41) is 7.11. The minimum absolute atomic E-state index is 0.0915. The van der Waals surface area contributed by atoms with Crippen molar-refractivity contribution in [2.24, 2.45) is 0 Å². The summed E-state index contributed by atoms with van der Waals surface area (Å²) in [4.78, 5) is 30.1. The Balaban J connectivity index is 1.43. The van der Waals surface area contributed by atoms with Crippen LogP contribution in [-0.2, 0) is 11.3 Å². The van der Waals surface area contributed by atoms with Crippen molar-refractivity contribution in [1.82, 2.24) is 30.3 Å². The molecule has 4 heterocycles. The summed E-state index contributed by atoms with van der Waals surface area (Å²) in [5.74, 6) is 1.25. The van der Waals surface area contributed by atoms with Crippen molar-refractivity contribution in [2.75, 3.05) is 19.6 Å². The highest BCUT2D eigenvalue weighted by Gasteiger charge is 2.22. The first-order valence-corrected chi connectivity index (χ1v) is 11.1. The zero-order chi connectivity index (χ0) is 20.8. The smallest absolute Gasteiger partial charge is 0.230 e. The maximum absolute atomic E-state index is 12.2. The van der Waals surface area contributed by atoms with Crippen molar-refractivity contribution < 1.29 is 9.32 Å². The zero-order valence-electron chi connectivity index (χ0n) is 17.1. The summed E-state index contributed by atoms with van der Waals surface area (Å²) in [7, 11) is 0. The van der Waals surface area contributed by atoms with Crippen LogP contribution < -0.4 is 5.32 Å². The molecule has 0 radical (unpaired) electrons. The first kappa shape index (κ1) is 20.6. The number of nitrogens with one attached hydrogen (secondary N) is 1. The standard InChI is InChI=1S/C21H26N6O2S/c1-15-4-5-17(30-15)14-27-11-2-3-16(6-8-24-19(28)7-12-27)21-25-20(26-29-21)18-13-22-9-10-23-18/h4-5,9-10,13,16H,2-3,6-8,11-12,14H2,1H3,(H,24,28). The van der Waals surface area contributed by atoms with E-state index in [1.165, 1.54) is 9.75 Å². The molecule has 1 N–H and O–H groups in total. The lowest BCUT2D eigenvalue weighted by Crippen LogP contribution is -2.31. The fourth-order valence-corrected chi connectivity index (χ4v) is 4.60. The number of hydrogen-bond donors (Lipinski definition) is 1. The van der Waals surface area contributed by atoms with Gasteiger partial charge in [-0.1, -0.05) is 5.16 Å². The predicted octanol–water partition coefficient (Wildman–Crippen LogP) is 3.17. The van der Waals surface area contributed by atoms with Crippen LogP contribution in [0.3, 0.4) is 0 Å². The van der Waals surface area contributed by atoms with Gasteiger partial charge >= 0.3 is 0 Å². The van der Waals surface area contributed by atoms with Crippen molar-refractivity contribution in [3.8, 4) is 11.5 Å². The Bertz CT molecular complexity index is 957. The highest BCUT2D eigenvalue weighted by atomic mass is 32.1. The van der Waals surface area contributed by atoms with Crippen LogP contribution in [0.1, 0.15) is 47.2 Å². The number of carbonyl (C=O) groups excluding carboxylic acids is 1. The van der Waals surface area contributed by atoms with Gasteiger partial charge in [0.1, 0.15) is 5.69 Å². The summed E-state index contributed by atoms with van der Waals surface area (Å²) in [5.41, 5.74) is 0.592. The molecule has 1 atom stereocenters. The number of aryl methyl sites for hydroxylation is 1. The number of amides is 1. The molecule has 1 unspecified atom stereocenters. The molecule has 1 saturated heterocycles. The molecule has 8 nitrogen and oxygen atoms in total. The molecule has 30 heavy (non-hydrogen) atoms. The van der Waals surface area contributed by atoms with E-state index in [1.807, 2.05) is 11.3 Å². The van der Waals surface area contributed by atoms with Crippen molar-refractivity contribution in [3.05, 3.63) is 46.4 Å². The molecule has 0 aliphatic carbocycles. The Labute approximate surface area is 179 Å². The average molecular weight is 427 g/mol. The lowest BCUT2D eigenvalue weighted by atomic mass is 9.99. The van der Waals surface area contributed by atoms with Crippen LogP contribution in [0.4, 0.5) is 0 Å². The molecule has 1 aliphatic heterocycles. The molecule has 4 rings (SSSR count). The Morgan fingerprint density at radius 1 is 1.27 bits per heavy atom. The van der Waals surface area contributed by atoms with E-state index in [-0.39, 0.29) is 11.8 Å². The van der Waals surface area contributed by atoms with E-state index in [9.17, 15) is 4.79 Å². The number of nitrogens with zero attached hydrogens (tertiary/aromatic N) is 5. The minimum atomic E-state index is 0.0915. The molecule has 158 valence electrons. The molecular formula is C21H26N6O2S. The van der Waals surface area contributed by atoms with Crippen molar-refractivity contribution >= 4 is 17.2 Å². The third-order valence-electron chi connectivity index (χ3n) is 5.26. The maximum atomic E-state index is 12.2. The van der Waals surface area contributed by atoms with E-state index >= 15 is 0 Å². The highest BCUT2D eigenvalue weighted by molar-refractivity contribution is 7.11. The normalized spacial score (nSPS) is 19.2. The van der Waals surface area contributed by atoms with Gasteiger partial charge < -0.3 is 9.84 Å². The van der Waals surface area contributed by atoms with E-state index in [0.29, 0.717) is 30.4 Å². The van der Waals surface area contributed by atoms with E-state index in [2.05, 4.69) is 49.4 Å². The molecular weight excluding hydrogens is 400 g/mol. The van der Waals surface area contributed by atoms with Gasteiger partial charge in [0.25, 0.3) is 0 Å². The van der Waals surface area contributed by atoms with Crippen molar-refractivity contribution in [2.45, 2.75) is 45.1 Å². The van der Waals surface area contributed by atoms with Gasteiger partial charge in [0.15, 0.2) is 0 Å². The van der Waals surface area contributed by atoms with E-state index in [4.69, 9.17) is 4.52 Å². The fourth-order valence-electron chi connectivity index (χ4n) is 3.67. The topological polar surface area (TPSA) is 97.0 Å². The van der Waals surface area contributed by atoms with Crippen LogP contribution >= 0.6 is 11.3 Å². The summed E-state index contributed by atoms with van der Waals surface area (Å²) < 4.78 is 5.56. The predicted molar refractivity (Wildman–Crippen MR) is 114 cm³/mol. The molecule has 3 aromatic rings. The maximum Gasteiger partial charge on any atom is 0.230 e. The lowest BCUT2D eigenvalue weighted by molar-refractivity contribution is -0.121. The van der Waals surface area contributed by atoms with E-state index < -0.39 is 0 Å². The molecule has 0 spiro atoms. The molecule has 1 amide bonds. The van der Waals surface area contributed by atoms with Crippen LogP contribution in [0.15, 0.2) is 35.2 Å². The van der Waals surface area contributed by atoms with Gasteiger partial charge in [-0.15, -0.1) is 11.3 Å². The third-order valence-corrected chi connectivity index (χ3v) is 6.24. The van der Waals surface area contributed by atoms with Gasteiger partial charge in [0.2, 0.25) is 17.6 Å². The minimum Gasteiger partial charge on any atom is -0.356 e. The number of thiophene rings is 1. The van der Waals surface area contributed by atoms with Gasteiger partial charge in [0, 0.05) is 54.1 Å². The monoisotopic (exact) mass is 426 g/mol. The first-order chi connectivity index (χ1) is 14.7. The van der Waals surface area contributed by atoms with Gasteiger partial charge in [-0.3, -0.25) is 14.7 Å². The van der Waals surface area contributed by atoms with Crippen LogP contribution in [0.25, 0.3) is 11.5 Å². The average Bonchev–Trinajstić information content (AvgIpc) is 3.39. The second kappa shape index (κ2) is 9.90. The van der Waals surface area contributed by atoms with Crippen molar-refractivity contribution in [1.29, 1.82) is 0 Å². The van der Waals surface area contributed by atoms with Gasteiger partial charge in [-0.2, -0.15) is 4.98 Å². The SMILES string of the molecule is Cc1ccc(CN2CCCC(c3nc(-c4cnccn4)no3)CCNC(=O)CC2)s1. The second-order valence-electron chi connectivity index (χ2n) is 7.56. The van der Waals surface area contributed by atoms with Crippen LogP contribution in [-0.4, -0.2) is 50.5 Å². The summed E-state index contributed by atoms with van der Waals surface area (Å²) in [6, 6.07) is 4.33. The van der Waals surface area contributed by atoms with Gasteiger partial charge in [-0.05, 0) is 44.9 Å². The molecule has 3 aromatic heterocycles. The summed E-state index contributed by atoms with van der Waals surface area (Å²) >= 11 is 1.82. The fraction of sp³-hybridized carbons (Fsp3) is 0.476. The molecule has 9 heteroatoms. The summed E-state index contributed by atoms with van der Waals surface area (Å²) in [6.45, 7) is 5.32. The summed E-state index contributed by atoms with van der Waals surface area (Å²) in [6.07, 6.45) is 8.07. The highest BCUT2D eigenvalue weighted by Crippen LogP contribution is 2.26. The number of hydrogen-bond acceptors (Lipinski definition) is 8. The van der Waals surface area contributed by atoms with Gasteiger partial charge in [-0.25, -0.2) is 4.98 Å². The largest absolute Gasteiger partial charge is 0.356 e. The second-order valence-corrected chi connectivity index (χ2v) is 8.94. The molecule has 1 aliphatic rings. The number of carbonyl (C=O) groups is 1. The van der Waals surface area contributed by atoms with Crippen LogP contribution in [0, 0.1) is 6.92 Å². The van der Waals surface area contributed by atoms with E-state index in [1.54, 1.807) is 18.6 Å². The van der Waals surface area contributed by atoms with Gasteiger partial charge in [0.05, 0.1) is 6.20 Å². The Kier molecular flexibility index (Phi) is 6.81. The Hall–Kier alpha value is -2.65. The van der Waals surface area contributed by atoms with Crippen LogP contribution in [0.5, 0.6) is 0 Å². The Morgan fingerprint density at radius 3 is 3.00 bits per heavy atom. The lowest BCUT2D eigenvalue weighted by Gasteiger charge is -2.21. The Morgan fingerprint density at radius 2 is 2.20 bits per heavy atom. The third kappa shape index (κ3) is 5.48. The number of aromatic nitrogens is 4. The first-order valence-electron chi connectivity index (χ1n) is 10.3. The molecule has 0 aromatic carbocycles. The molecule has 0 bridgehead atoms. The van der Waals surface area contributed by atoms with Crippen molar-refractivity contribution in [3.63, 3.8) is 0 Å². The zero-order valence-corrected chi connectivity index (χ0v) is 17.9. The quantitative estimate of drug-likeness (QED) is 0.684. The van der Waals surface area contributed by atoms with E-state index in [0.717, 1.165) is 38.9 Å². The number of rotatable bonds is 4. The molecule has 0 saturated carbocycles. The molecule has 1 fully saturated rings.